The van der Waals surface area contributed by atoms with Gasteiger partial charge in [0.1, 0.15) is 0 Å². The number of amides is 2. The molecule has 6 nitrogen and oxygen atoms in total. The number of rotatable bonds is 4. The van der Waals surface area contributed by atoms with E-state index in [9.17, 15) is 9.59 Å². The number of carbonyl (C=O) groups excluding carboxylic acids is 2. The van der Waals surface area contributed by atoms with E-state index in [0.29, 0.717) is 39.1 Å². The number of hydrogen-bond donors (Lipinski definition) is 3. The predicted molar refractivity (Wildman–Crippen MR) is 58.7 cm³/mol. The molecule has 0 radical (unpaired) electrons. The molecule has 1 fully saturated rings. The van der Waals surface area contributed by atoms with Crippen LogP contribution >= 0.6 is 0 Å². The van der Waals surface area contributed by atoms with Gasteiger partial charge in [-0.3, -0.25) is 9.59 Å². The van der Waals surface area contributed by atoms with Crippen LogP contribution in [-0.4, -0.2) is 43.7 Å². The smallest absolute Gasteiger partial charge is 0.240 e. The summed E-state index contributed by atoms with van der Waals surface area (Å²) in [7, 11) is 0. The summed E-state index contributed by atoms with van der Waals surface area (Å²) in [5, 5.41) is 5.31. The summed E-state index contributed by atoms with van der Waals surface area (Å²) in [6.07, 6.45) is 1.08. The van der Waals surface area contributed by atoms with Crippen molar-refractivity contribution in [2.24, 2.45) is 5.73 Å². The van der Waals surface area contributed by atoms with Crippen LogP contribution in [0, 0.1) is 0 Å². The highest BCUT2D eigenvalue weighted by Crippen LogP contribution is 2.17. The van der Waals surface area contributed by atoms with Crippen LogP contribution in [0.4, 0.5) is 0 Å². The van der Waals surface area contributed by atoms with Gasteiger partial charge in [0.15, 0.2) is 0 Å². The van der Waals surface area contributed by atoms with Crippen LogP contribution in [0.15, 0.2) is 0 Å². The first-order chi connectivity index (χ1) is 7.54. The van der Waals surface area contributed by atoms with E-state index in [1.165, 1.54) is 6.92 Å². The topological polar surface area (TPSA) is 93.5 Å². The van der Waals surface area contributed by atoms with E-state index < -0.39 is 5.54 Å². The molecule has 4 N–H and O–H groups in total. The minimum Gasteiger partial charge on any atom is -0.381 e. The van der Waals surface area contributed by atoms with Crippen molar-refractivity contribution in [2.45, 2.75) is 25.3 Å². The molecule has 2 amide bonds. The summed E-state index contributed by atoms with van der Waals surface area (Å²) in [4.78, 5) is 22.3. The Morgan fingerprint density at radius 1 is 1.25 bits per heavy atom. The molecular formula is C10H19N3O3. The fraction of sp³-hybridized carbons (Fsp3) is 0.800. The molecule has 1 aliphatic rings. The van der Waals surface area contributed by atoms with Crippen molar-refractivity contribution < 1.29 is 14.3 Å². The Balaban J connectivity index is 2.25. The largest absolute Gasteiger partial charge is 0.381 e. The second kappa shape index (κ2) is 5.81. The lowest BCUT2D eigenvalue weighted by Gasteiger charge is -2.31. The van der Waals surface area contributed by atoms with E-state index in [0.717, 1.165) is 0 Å². The molecule has 1 heterocycles. The lowest BCUT2D eigenvalue weighted by atomic mass is 9.90. The first-order valence-corrected chi connectivity index (χ1v) is 5.44. The fourth-order valence-corrected chi connectivity index (χ4v) is 1.55. The highest BCUT2D eigenvalue weighted by atomic mass is 16.5. The maximum Gasteiger partial charge on any atom is 0.240 e. The van der Waals surface area contributed by atoms with Crippen LogP contribution in [0.1, 0.15) is 19.8 Å². The van der Waals surface area contributed by atoms with Gasteiger partial charge in [0.25, 0.3) is 0 Å². The molecule has 0 bridgehead atoms. The fourth-order valence-electron chi connectivity index (χ4n) is 1.55. The zero-order valence-electron chi connectivity index (χ0n) is 9.54. The van der Waals surface area contributed by atoms with Gasteiger partial charge in [-0.05, 0) is 12.8 Å². The molecule has 0 atom stereocenters. The molecule has 6 heteroatoms. The van der Waals surface area contributed by atoms with Crippen LogP contribution in [0.3, 0.4) is 0 Å². The number of ether oxygens (including phenoxy) is 1. The predicted octanol–water partition coefficient (Wildman–Crippen LogP) is -1.25. The van der Waals surface area contributed by atoms with E-state index in [4.69, 9.17) is 10.5 Å². The van der Waals surface area contributed by atoms with Gasteiger partial charge >= 0.3 is 0 Å². The second-order valence-corrected chi connectivity index (χ2v) is 4.01. The molecule has 16 heavy (non-hydrogen) atoms. The summed E-state index contributed by atoms with van der Waals surface area (Å²) < 4.78 is 5.16. The third-order valence-corrected chi connectivity index (χ3v) is 2.62. The molecule has 0 aromatic rings. The Hall–Kier alpha value is -1.14. The van der Waals surface area contributed by atoms with E-state index in [1.54, 1.807) is 0 Å². The third-order valence-electron chi connectivity index (χ3n) is 2.62. The Bertz CT molecular complexity index is 262. The van der Waals surface area contributed by atoms with Gasteiger partial charge in [-0.25, -0.2) is 0 Å². The Morgan fingerprint density at radius 2 is 1.81 bits per heavy atom. The molecule has 92 valence electrons. The number of carbonyl (C=O) groups is 2. The van der Waals surface area contributed by atoms with Gasteiger partial charge in [0.2, 0.25) is 11.8 Å². The van der Waals surface area contributed by atoms with Crippen molar-refractivity contribution in [3.05, 3.63) is 0 Å². The van der Waals surface area contributed by atoms with Gasteiger partial charge in [-0.2, -0.15) is 0 Å². The minimum atomic E-state index is -0.811. The first kappa shape index (κ1) is 12.9. The molecule has 0 spiro atoms. The van der Waals surface area contributed by atoms with Crippen molar-refractivity contribution in [3.8, 4) is 0 Å². The molecular weight excluding hydrogens is 210 g/mol. The van der Waals surface area contributed by atoms with Gasteiger partial charge < -0.3 is 21.1 Å². The number of nitrogens with two attached hydrogens (primary N) is 1. The maximum atomic E-state index is 11.8. The molecule has 0 aromatic carbocycles. The standard InChI is InChI=1S/C10H19N3O3/c1-8(14)12-4-5-13-9(15)10(11)2-6-16-7-3-10/h2-7,11H2,1H3,(H,12,14)(H,13,15). The molecule has 0 aromatic heterocycles. The van der Waals surface area contributed by atoms with Crippen LogP contribution in [-0.2, 0) is 14.3 Å². The van der Waals surface area contributed by atoms with Crippen LogP contribution < -0.4 is 16.4 Å². The van der Waals surface area contributed by atoms with Crippen molar-refractivity contribution >= 4 is 11.8 Å². The van der Waals surface area contributed by atoms with Crippen LogP contribution in [0.25, 0.3) is 0 Å². The Morgan fingerprint density at radius 3 is 2.38 bits per heavy atom. The third kappa shape index (κ3) is 3.79. The van der Waals surface area contributed by atoms with Crippen molar-refractivity contribution in [1.29, 1.82) is 0 Å². The van der Waals surface area contributed by atoms with Crippen molar-refractivity contribution in [3.63, 3.8) is 0 Å². The second-order valence-electron chi connectivity index (χ2n) is 4.01. The van der Waals surface area contributed by atoms with Gasteiger partial charge in [0, 0.05) is 33.2 Å². The normalized spacial score (nSPS) is 18.9. The Labute approximate surface area is 94.9 Å². The van der Waals surface area contributed by atoms with Crippen molar-refractivity contribution in [2.75, 3.05) is 26.3 Å². The molecule has 1 aliphatic heterocycles. The monoisotopic (exact) mass is 229 g/mol. The number of hydrogen-bond acceptors (Lipinski definition) is 4. The summed E-state index contributed by atoms with van der Waals surface area (Å²) in [6.45, 7) is 3.31. The lowest BCUT2D eigenvalue weighted by molar-refractivity contribution is -0.129. The van der Waals surface area contributed by atoms with E-state index in [2.05, 4.69) is 10.6 Å². The zero-order valence-corrected chi connectivity index (χ0v) is 9.54. The SMILES string of the molecule is CC(=O)NCCNC(=O)C1(N)CCOCC1. The average molecular weight is 229 g/mol. The van der Waals surface area contributed by atoms with Crippen molar-refractivity contribution in [1.82, 2.24) is 10.6 Å². The maximum absolute atomic E-state index is 11.8. The highest BCUT2D eigenvalue weighted by Gasteiger charge is 2.35. The molecule has 1 saturated heterocycles. The average Bonchev–Trinajstić information content (AvgIpc) is 2.25. The van der Waals surface area contributed by atoms with Crippen LogP contribution in [0.5, 0.6) is 0 Å². The first-order valence-electron chi connectivity index (χ1n) is 5.44. The van der Waals surface area contributed by atoms with E-state index in [1.807, 2.05) is 0 Å². The van der Waals surface area contributed by atoms with Gasteiger partial charge in [0.05, 0.1) is 5.54 Å². The minimum absolute atomic E-state index is 0.109. The van der Waals surface area contributed by atoms with E-state index >= 15 is 0 Å². The summed E-state index contributed by atoms with van der Waals surface area (Å²) >= 11 is 0. The quantitative estimate of drug-likeness (QED) is 0.525. The zero-order chi connectivity index (χ0) is 12.0. The van der Waals surface area contributed by atoms with Gasteiger partial charge in [-0.1, -0.05) is 0 Å². The Kier molecular flexibility index (Phi) is 4.70. The van der Waals surface area contributed by atoms with Crippen LogP contribution in [0.2, 0.25) is 0 Å². The van der Waals surface area contributed by atoms with Gasteiger partial charge in [-0.15, -0.1) is 0 Å². The van der Waals surface area contributed by atoms with E-state index in [-0.39, 0.29) is 11.8 Å². The summed E-state index contributed by atoms with van der Waals surface area (Å²) in [6, 6.07) is 0. The molecule has 1 rings (SSSR count). The lowest BCUT2D eigenvalue weighted by Crippen LogP contribution is -2.57. The summed E-state index contributed by atoms with van der Waals surface area (Å²) in [5.41, 5.74) is 5.15. The highest BCUT2D eigenvalue weighted by molar-refractivity contribution is 5.86. The molecule has 0 saturated carbocycles. The summed E-state index contributed by atoms with van der Waals surface area (Å²) in [5.74, 6) is -0.274. The molecule has 0 unspecified atom stereocenters. The molecule has 0 aliphatic carbocycles. The number of nitrogens with one attached hydrogen (secondary N) is 2.